The zero-order chi connectivity index (χ0) is 18.4. The van der Waals surface area contributed by atoms with Crippen LogP contribution in [0.1, 0.15) is 43.4 Å². The molecule has 0 bridgehead atoms. The van der Waals surface area contributed by atoms with Gasteiger partial charge in [0.25, 0.3) is 5.91 Å². The number of rotatable bonds is 6. The van der Waals surface area contributed by atoms with Gasteiger partial charge in [-0.05, 0) is 49.1 Å². The van der Waals surface area contributed by atoms with Gasteiger partial charge in [0, 0.05) is 5.56 Å². The number of nitrogens with zero attached hydrogens (tertiary/aromatic N) is 1. The minimum absolute atomic E-state index is 0.111. The minimum atomic E-state index is -0.337. The first kappa shape index (κ1) is 18.5. The van der Waals surface area contributed by atoms with Crippen LogP contribution in [0, 0.1) is 6.92 Å². The summed E-state index contributed by atoms with van der Waals surface area (Å²) in [7, 11) is 0. The number of nitrogens with one attached hydrogen (secondary N) is 1. The smallest absolute Gasteiger partial charge is 0.277 e. The predicted octanol–water partition coefficient (Wildman–Crippen LogP) is 3.74. The SMILES string of the molecule is C/C(=N/NC(=O)COc1cc(C)ccc1C(C)C)c1cccc(O)c1. The summed E-state index contributed by atoms with van der Waals surface area (Å²) in [6, 6.07) is 12.7. The minimum Gasteiger partial charge on any atom is -0.508 e. The van der Waals surface area contributed by atoms with Crippen molar-refractivity contribution in [3.05, 3.63) is 59.2 Å². The van der Waals surface area contributed by atoms with Gasteiger partial charge in [-0.3, -0.25) is 4.79 Å². The van der Waals surface area contributed by atoms with Crippen molar-refractivity contribution in [3.8, 4) is 11.5 Å². The Morgan fingerprint density at radius 1 is 1.24 bits per heavy atom. The molecule has 5 nitrogen and oxygen atoms in total. The highest BCUT2D eigenvalue weighted by Crippen LogP contribution is 2.27. The van der Waals surface area contributed by atoms with E-state index in [9.17, 15) is 9.90 Å². The molecule has 0 fully saturated rings. The average Bonchev–Trinajstić information content (AvgIpc) is 2.57. The first-order valence-corrected chi connectivity index (χ1v) is 8.22. The number of aromatic hydroxyl groups is 1. The number of phenolic OH excluding ortho intramolecular Hbond substituents is 1. The Morgan fingerprint density at radius 3 is 2.68 bits per heavy atom. The van der Waals surface area contributed by atoms with Crippen LogP contribution < -0.4 is 10.2 Å². The zero-order valence-electron chi connectivity index (χ0n) is 15.0. The summed E-state index contributed by atoms with van der Waals surface area (Å²) in [5, 5.41) is 13.5. The monoisotopic (exact) mass is 340 g/mol. The molecule has 0 aromatic heterocycles. The molecular formula is C20H24N2O3. The van der Waals surface area contributed by atoms with Gasteiger partial charge in [0.2, 0.25) is 0 Å². The van der Waals surface area contributed by atoms with E-state index in [0.717, 1.165) is 22.4 Å². The molecule has 2 aromatic carbocycles. The molecule has 1 amide bonds. The van der Waals surface area contributed by atoms with Crippen LogP contribution in [0.15, 0.2) is 47.6 Å². The molecule has 0 radical (unpaired) electrons. The Balaban J connectivity index is 1.97. The lowest BCUT2D eigenvalue weighted by atomic mass is 10.0. The molecule has 0 aliphatic heterocycles. The van der Waals surface area contributed by atoms with Crippen LogP contribution in [0.25, 0.3) is 0 Å². The standard InChI is InChI=1S/C20H24N2O3/c1-13(2)18-9-8-14(3)10-19(18)25-12-20(24)22-21-15(4)16-6-5-7-17(23)11-16/h5-11,13,23H,12H2,1-4H3,(H,22,24)/b21-15-. The van der Waals surface area contributed by atoms with Crippen LogP contribution in [0.5, 0.6) is 11.5 Å². The van der Waals surface area contributed by atoms with Gasteiger partial charge in [-0.2, -0.15) is 5.10 Å². The fraction of sp³-hybridized carbons (Fsp3) is 0.300. The largest absolute Gasteiger partial charge is 0.508 e. The van der Waals surface area contributed by atoms with Crippen molar-refractivity contribution < 1.29 is 14.6 Å². The topological polar surface area (TPSA) is 70.9 Å². The van der Waals surface area contributed by atoms with Crippen LogP contribution in [0.4, 0.5) is 0 Å². The van der Waals surface area contributed by atoms with E-state index >= 15 is 0 Å². The van der Waals surface area contributed by atoms with Crippen LogP contribution in [0.2, 0.25) is 0 Å². The lowest BCUT2D eigenvalue weighted by molar-refractivity contribution is -0.123. The Kier molecular flexibility index (Phi) is 6.17. The highest BCUT2D eigenvalue weighted by Gasteiger charge is 2.10. The van der Waals surface area contributed by atoms with Gasteiger partial charge in [0.1, 0.15) is 11.5 Å². The maximum atomic E-state index is 12.0. The van der Waals surface area contributed by atoms with Gasteiger partial charge >= 0.3 is 0 Å². The third kappa shape index (κ3) is 5.35. The van der Waals surface area contributed by atoms with E-state index in [-0.39, 0.29) is 18.3 Å². The fourth-order valence-corrected chi connectivity index (χ4v) is 2.36. The molecule has 0 atom stereocenters. The maximum Gasteiger partial charge on any atom is 0.277 e. The Morgan fingerprint density at radius 2 is 2.00 bits per heavy atom. The summed E-state index contributed by atoms with van der Waals surface area (Å²) in [4.78, 5) is 12.0. The molecule has 0 saturated heterocycles. The summed E-state index contributed by atoms with van der Waals surface area (Å²) >= 11 is 0. The van der Waals surface area contributed by atoms with Gasteiger partial charge in [-0.15, -0.1) is 0 Å². The molecule has 0 unspecified atom stereocenters. The van der Waals surface area contributed by atoms with E-state index in [1.807, 2.05) is 31.2 Å². The summed E-state index contributed by atoms with van der Waals surface area (Å²) < 4.78 is 5.68. The van der Waals surface area contributed by atoms with E-state index < -0.39 is 0 Å². The summed E-state index contributed by atoms with van der Waals surface area (Å²) in [6.07, 6.45) is 0. The zero-order valence-corrected chi connectivity index (χ0v) is 15.0. The fourth-order valence-electron chi connectivity index (χ4n) is 2.36. The third-order valence-corrected chi connectivity index (χ3v) is 3.76. The highest BCUT2D eigenvalue weighted by molar-refractivity contribution is 5.99. The van der Waals surface area contributed by atoms with E-state index in [0.29, 0.717) is 11.6 Å². The van der Waals surface area contributed by atoms with Crippen molar-refractivity contribution >= 4 is 11.6 Å². The van der Waals surface area contributed by atoms with E-state index in [1.54, 1.807) is 25.1 Å². The molecule has 0 saturated carbocycles. The molecule has 132 valence electrons. The van der Waals surface area contributed by atoms with Crippen molar-refractivity contribution in [2.24, 2.45) is 5.10 Å². The van der Waals surface area contributed by atoms with Gasteiger partial charge < -0.3 is 9.84 Å². The lowest BCUT2D eigenvalue weighted by Crippen LogP contribution is -2.26. The number of phenols is 1. The first-order valence-electron chi connectivity index (χ1n) is 8.22. The summed E-state index contributed by atoms with van der Waals surface area (Å²) in [5.74, 6) is 0.849. The van der Waals surface area contributed by atoms with Gasteiger partial charge in [-0.1, -0.05) is 38.1 Å². The van der Waals surface area contributed by atoms with E-state index in [4.69, 9.17) is 4.74 Å². The van der Waals surface area contributed by atoms with E-state index in [1.165, 1.54) is 0 Å². The number of benzene rings is 2. The number of hydrogen-bond acceptors (Lipinski definition) is 4. The molecule has 0 aliphatic carbocycles. The normalized spacial score (nSPS) is 11.5. The second-order valence-electron chi connectivity index (χ2n) is 6.27. The van der Waals surface area contributed by atoms with Crippen molar-refractivity contribution in [3.63, 3.8) is 0 Å². The second-order valence-corrected chi connectivity index (χ2v) is 6.27. The second kappa shape index (κ2) is 8.33. The molecule has 25 heavy (non-hydrogen) atoms. The predicted molar refractivity (Wildman–Crippen MR) is 99.2 cm³/mol. The molecule has 2 rings (SSSR count). The molecule has 2 N–H and O–H groups in total. The average molecular weight is 340 g/mol. The van der Waals surface area contributed by atoms with Gasteiger partial charge in [0.05, 0.1) is 5.71 Å². The van der Waals surface area contributed by atoms with Crippen molar-refractivity contribution in [1.82, 2.24) is 5.43 Å². The molecule has 2 aromatic rings. The molecule has 0 spiro atoms. The maximum absolute atomic E-state index is 12.0. The number of carbonyl (C=O) groups excluding carboxylic acids is 1. The number of amides is 1. The number of carbonyl (C=O) groups is 1. The van der Waals surface area contributed by atoms with Crippen LogP contribution >= 0.6 is 0 Å². The van der Waals surface area contributed by atoms with Crippen molar-refractivity contribution in [2.75, 3.05) is 6.61 Å². The highest BCUT2D eigenvalue weighted by atomic mass is 16.5. The van der Waals surface area contributed by atoms with Crippen molar-refractivity contribution in [2.45, 2.75) is 33.6 Å². The number of ether oxygens (including phenoxy) is 1. The molecule has 5 heteroatoms. The first-order chi connectivity index (χ1) is 11.9. The van der Waals surface area contributed by atoms with Gasteiger partial charge in [0.15, 0.2) is 6.61 Å². The van der Waals surface area contributed by atoms with Crippen LogP contribution in [-0.4, -0.2) is 23.3 Å². The quantitative estimate of drug-likeness (QED) is 0.621. The summed E-state index contributed by atoms with van der Waals surface area (Å²) in [6.45, 7) is 7.80. The van der Waals surface area contributed by atoms with Crippen LogP contribution in [0.3, 0.4) is 0 Å². The lowest BCUT2D eigenvalue weighted by Gasteiger charge is -2.14. The van der Waals surface area contributed by atoms with E-state index in [2.05, 4.69) is 24.4 Å². The summed E-state index contributed by atoms with van der Waals surface area (Å²) in [5.41, 5.74) is 5.96. The Labute approximate surface area is 148 Å². The third-order valence-electron chi connectivity index (χ3n) is 3.76. The number of hydrogen-bond donors (Lipinski definition) is 2. The molecule has 0 heterocycles. The number of aryl methyl sites for hydroxylation is 1. The number of hydrazone groups is 1. The van der Waals surface area contributed by atoms with Crippen LogP contribution in [-0.2, 0) is 4.79 Å². The van der Waals surface area contributed by atoms with Gasteiger partial charge in [-0.25, -0.2) is 5.43 Å². The molecule has 0 aliphatic rings. The Bertz CT molecular complexity index is 782. The molecular weight excluding hydrogens is 316 g/mol. The van der Waals surface area contributed by atoms with Crippen molar-refractivity contribution in [1.29, 1.82) is 0 Å². The Hall–Kier alpha value is -2.82.